The lowest BCUT2D eigenvalue weighted by Gasteiger charge is -2.23. The minimum Gasteiger partial charge on any atom is -0.397 e. The van der Waals surface area contributed by atoms with E-state index in [1.54, 1.807) is 6.07 Å². The lowest BCUT2D eigenvalue weighted by Crippen LogP contribution is -2.34. The van der Waals surface area contributed by atoms with Crippen LogP contribution in [0.3, 0.4) is 0 Å². The van der Waals surface area contributed by atoms with Crippen LogP contribution in [0.25, 0.3) is 0 Å². The molecule has 1 aliphatic rings. The Labute approximate surface area is 99.3 Å². The van der Waals surface area contributed by atoms with Crippen molar-refractivity contribution < 1.29 is 9.47 Å². The molecule has 2 rings (SSSR count). The molecule has 1 atom stereocenters. The molecular weight excluding hydrogens is 220 g/mol. The zero-order valence-corrected chi connectivity index (χ0v) is 9.35. The normalized spacial score (nSPS) is 19.6. The number of nitriles is 1. The molecule has 3 N–H and O–H groups in total. The Kier molecular flexibility index (Phi) is 3.75. The SMILES string of the molecule is N#Cc1cc(N)cnc1NCC1COCCO1. The molecule has 6 heteroatoms. The molecule has 0 bridgehead atoms. The van der Waals surface area contributed by atoms with Gasteiger partial charge < -0.3 is 20.5 Å². The van der Waals surface area contributed by atoms with Crippen LogP contribution in [0.4, 0.5) is 11.5 Å². The van der Waals surface area contributed by atoms with Crippen LogP contribution in [0.1, 0.15) is 5.56 Å². The molecule has 0 aliphatic carbocycles. The third-order valence-corrected chi connectivity index (χ3v) is 2.41. The van der Waals surface area contributed by atoms with Crippen molar-refractivity contribution in [3.63, 3.8) is 0 Å². The molecule has 0 radical (unpaired) electrons. The van der Waals surface area contributed by atoms with Gasteiger partial charge in [0.2, 0.25) is 0 Å². The Bertz CT molecular complexity index is 424. The first-order valence-electron chi connectivity index (χ1n) is 5.38. The highest BCUT2D eigenvalue weighted by Gasteiger charge is 2.14. The van der Waals surface area contributed by atoms with E-state index in [4.69, 9.17) is 20.5 Å². The first-order chi connectivity index (χ1) is 8.29. The third-order valence-electron chi connectivity index (χ3n) is 2.41. The van der Waals surface area contributed by atoms with E-state index in [-0.39, 0.29) is 6.10 Å². The number of hydrogen-bond donors (Lipinski definition) is 2. The van der Waals surface area contributed by atoms with Crippen LogP contribution in [-0.2, 0) is 9.47 Å². The molecule has 1 fully saturated rings. The molecular formula is C11H14N4O2. The smallest absolute Gasteiger partial charge is 0.144 e. The van der Waals surface area contributed by atoms with Crippen LogP contribution in [0, 0.1) is 11.3 Å². The standard InChI is InChI=1S/C11H14N4O2/c12-4-8-3-9(13)5-14-11(8)15-6-10-7-16-1-2-17-10/h3,5,10H,1-2,6-7,13H2,(H,14,15). The summed E-state index contributed by atoms with van der Waals surface area (Å²) in [6, 6.07) is 3.64. The number of nitrogens with zero attached hydrogens (tertiary/aromatic N) is 2. The van der Waals surface area contributed by atoms with Crippen LogP contribution in [0.15, 0.2) is 12.3 Å². The minimum absolute atomic E-state index is 0.00496. The maximum atomic E-state index is 8.94. The molecule has 90 valence electrons. The van der Waals surface area contributed by atoms with Crippen LogP contribution < -0.4 is 11.1 Å². The van der Waals surface area contributed by atoms with Gasteiger partial charge in [-0.3, -0.25) is 0 Å². The van der Waals surface area contributed by atoms with Crippen LogP contribution in [-0.4, -0.2) is 37.5 Å². The number of aromatic nitrogens is 1. The lowest BCUT2D eigenvalue weighted by atomic mass is 10.2. The molecule has 1 saturated heterocycles. The van der Waals surface area contributed by atoms with Gasteiger partial charge in [0.25, 0.3) is 0 Å². The van der Waals surface area contributed by atoms with E-state index >= 15 is 0 Å². The molecule has 1 aliphatic heterocycles. The molecule has 6 nitrogen and oxygen atoms in total. The largest absolute Gasteiger partial charge is 0.397 e. The Morgan fingerprint density at radius 2 is 2.47 bits per heavy atom. The van der Waals surface area contributed by atoms with Gasteiger partial charge in [0.05, 0.1) is 43.4 Å². The summed E-state index contributed by atoms with van der Waals surface area (Å²) in [5.41, 5.74) is 6.46. The van der Waals surface area contributed by atoms with Gasteiger partial charge >= 0.3 is 0 Å². The summed E-state index contributed by atoms with van der Waals surface area (Å²) < 4.78 is 10.7. The summed E-state index contributed by atoms with van der Waals surface area (Å²) in [5.74, 6) is 0.524. The van der Waals surface area contributed by atoms with Gasteiger partial charge in [-0.1, -0.05) is 0 Å². The molecule has 0 saturated carbocycles. The Hall–Kier alpha value is -1.84. The number of hydrogen-bond acceptors (Lipinski definition) is 6. The Morgan fingerprint density at radius 1 is 1.59 bits per heavy atom. The van der Waals surface area contributed by atoms with Gasteiger partial charge in [0.15, 0.2) is 0 Å². The summed E-state index contributed by atoms with van der Waals surface area (Å²) >= 11 is 0. The average molecular weight is 234 g/mol. The Balaban J connectivity index is 1.96. The number of ether oxygens (including phenoxy) is 2. The summed E-state index contributed by atoms with van der Waals surface area (Å²) in [5, 5.41) is 12.0. The minimum atomic E-state index is -0.00496. The monoisotopic (exact) mass is 234 g/mol. The second-order valence-electron chi connectivity index (χ2n) is 3.73. The second kappa shape index (κ2) is 5.48. The van der Waals surface area contributed by atoms with Gasteiger partial charge in [0, 0.05) is 6.54 Å². The van der Waals surface area contributed by atoms with E-state index in [1.165, 1.54) is 6.20 Å². The van der Waals surface area contributed by atoms with Crippen molar-refractivity contribution in [1.29, 1.82) is 5.26 Å². The van der Waals surface area contributed by atoms with Gasteiger partial charge in [-0.2, -0.15) is 5.26 Å². The van der Waals surface area contributed by atoms with Crippen molar-refractivity contribution in [3.8, 4) is 6.07 Å². The molecule has 1 unspecified atom stereocenters. The fourth-order valence-corrected chi connectivity index (χ4v) is 1.57. The van der Waals surface area contributed by atoms with Crippen molar-refractivity contribution >= 4 is 11.5 Å². The number of nitrogens with two attached hydrogens (primary N) is 1. The number of rotatable bonds is 3. The number of nitrogen functional groups attached to an aromatic ring is 1. The summed E-state index contributed by atoms with van der Waals surface area (Å²) in [4.78, 5) is 4.08. The summed E-state index contributed by atoms with van der Waals surface area (Å²) in [6.45, 7) is 2.36. The summed E-state index contributed by atoms with van der Waals surface area (Å²) in [7, 11) is 0. The molecule has 1 aromatic rings. The molecule has 0 spiro atoms. The maximum absolute atomic E-state index is 8.94. The van der Waals surface area contributed by atoms with Crippen molar-refractivity contribution in [3.05, 3.63) is 17.8 Å². The van der Waals surface area contributed by atoms with Crippen molar-refractivity contribution in [2.24, 2.45) is 0 Å². The first kappa shape index (κ1) is 11.6. The first-order valence-corrected chi connectivity index (χ1v) is 5.38. The van der Waals surface area contributed by atoms with E-state index in [2.05, 4.69) is 10.3 Å². The van der Waals surface area contributed by atoms with Crippen LogP contribution >= 0.6 is 0 Å². The van der Waals surface area contributed by atoms with Crippen LogP contribution in [0.5, 0.6) is 0 Å². The number of pyridine rings is 1. The third kappa shape index (κ3) is 3.06. The average Bonchev–Trinajstić information content (AvgIpc) is 2.38. The predicted molar refractivity (Wildman–Crippen MR) is 62.4 cm³/mol. The quantitative estimate of drug-likeness (QED) is 0.784. The summed E-state index contributed by atoms with van der Waals surface area (Å²) in [6.07, 6.45) is 1.51. The fraction of sp³-hybridized carbons (Fsp3) is 0.455. The van der Waals surface area contributed by atoms with Crippen molar-refractivity contribution in [2.75, 3.05) is 37.4 Å². The van der Waals surface area contributed by atoms with E-state index in [0.717, 1.165) is 0 Å². The lowest BCUT2D eigenvalue weighted by molar-refractivity contribution is -0.0819. The molecule has 1 aromatic heterocycles. The van der Waals surface area contributed by atoms with Gasteiger partial charge in [0.1, 0.15) is 11.9 Å². The zero-order valence-electron chi connectivity index (χ0n) is 9.35. The number of anilines is 2. The molecule has 2 heterocycles. The molecule has 0 aromatic carbocycles. The molecule has 17 heavy (non-hydrogen) atoms. The Morgan fingerprint density at radius 3 is 3.18 bits per heavy atom. The van der Waals surface area contributed by atoms with Gasteiger partial charge in [-0.15, -0.1) is 0 Å². The number of nitrogens with one attached hydrogen (secondary N) is 1. The van der Waals surface area contributed by atoms with E-state index in [9.17, 15) is 0 Å². The highest BCUT2D eigenvalue weighted by Crippen LogP contribution is 2.14. The van der Waals surface area contributed by atoms with E-state index < -0.39 is 0 Å². The topological polar surface area (TPSA) is 93.2 Å². The van der Waals surface area contributed by atoms with Crippen molar-refractivity contribution in [1.82, 2.24) is 4.98 Å². The highest BCUT2D eigenvalue weighted by atomic mass is 16.6. The molecule has 0 amide bonds. The maximum Gasteiger partial charge on any atom is 0.144 e. The van der Waals surface area contributed by atoms with Gasteiger partial charge in [-0.05, 0) is 6.07 Å². The van der Waals surface area contributed by atoms with Crippen molar-refractivity contribution in [2.45, 2.75) is 6.10 Å². The highest BCUT2D eigenvalue weighted by molar-refractivity contribution is 5.57. The van der Waals surface area contributed by atoms with E-state index in [0.29, 0.717) is 43.4 Å². The van der Waals surface area contributed by atoms with Crippen LogP contribution in [0.2, 0.25) is 0 Å². The second-order valence-corrected chi connectivity index (χ2v) is 3.73. The fourth-order valence-electron chi connectivity index (χ4n) is 1.57. The van der Waals surface area contributed by atoms with Gasteiger partial charge in [-0.25, -0.2) is 4.98 Å². The zero-order chi connectivity index (χ0) is 12.1. The predicted octanol–water partition coefficient (Wildman–Crippen LogP) is 0.363. The van der Waals surface area contributed by atoms with E-state index in [1.807, 2.05) is 6.07 Å².